The highest BCUT2D eigenvalue weighted by atomic mass is 32.1. The Morgan fingerprint density at radius 3 is 2.09 bits per heavy atom. The van der Waals surface area contributed by atoms with Gasteiger partial charge in [0.1, 0.15) is 18.1 Å². The second-order valence-electron chi connectivity index (χ2n) is 7.81. The number of carbonyl (C=O) groups excluding carboxylic acids is 3. The molecule has 14 nitrogen and oxygen atoms in total. The van der Waals surface area contributed by atoms with Gasteiger partial charge < -0.3 is 42.6 Å². The summed E-state index contributed by atoms with van der Waals surface area (Å²) in [6, 6.07) is -4.76. The number of hydrogen-bond acceptors (Lipinski definition) is 9. The summed E-state index contributed by atoms with van der Waals surface area (Å²) in [6.45, 7) is 0.370. The number of aromatic amines is 1. The lowest BCUT2D eigenvalue weighted by atomic mass is 10.0. The molecule has 4 unspecified atom stereocenters. The number of carbonyl (C=O) groups is 5. The molecular formula is C20H33N7O7S. The molecule has 0 bridgehead atoms. The molecule has 1 aromatic heterocycles. The normalized spacial score (nSPS) is 14.3. The zero-order chi connectivity index (χ0) is 26.4. The van der Waals surface area contributed by atoms with E-state index in [1.54, 1.807) is 0 Å². The van der Waals surface area contributed by atoms with Gasteiger partial charge in [-0.25, -0.2) is 9.78 Å². The Bertz CT molecular complexity index is 853. The van der Waals surface area contributed by atoms with Crippen LogP contribution in [-0.2, 0) is 30.4 Å². The highest BCUT2D eigenvalue weighted by molar-refractivity contribution is 7.80. The molecule has 0 saturated carbocycles. The average molecular weight is 516 g/mol. The number of carboxylic acid groups (broad SMARTS) is 2. The Morgan fingerprint density at radius 1 is 0.971 bits per heavy atom. The molecule has 0 aliphatic rings. The standard InChI is InChI=1S/C20H33N7O7S/c21-6-2-1-3-13(25-17(30)12(22)9-35)18(31)26-14(4-5-16(28)29)19(32)27-15(20(33)34)7-11-8-23-10-24-11/h8,10,12-15,35H,1-7,9,21-22H2,(H,23,24)(H,25,30)(H,26,31)(H,27,32)(H,28,29)(H,33,34). The van der Waals surface area contributed by atoms with Gasteiger partial charge in [-0.15, -0.1) is 0 Å². The quantitative estimate of drug-likeness (QED) is 0.0796. The number of hydrogen-bond donors (Lipinski definition) is 9. The minimum absolute atomic E-state index is 0.0412. The first-order valence-corrected chi connectivity index (χ1v) is 11.6. The number of rotatable bonds is 17. The maximum Gasteiger partial charge on any atom is 0.326 e. The second-order valence-corrected chi connectivity index (χ2v) is 8.17. The molecule has 1 heterocycles. The predicted molar refractivity (Wildman–Crippen MR) is 127 cm³/mol. The van der Waals surface area contributed by atoms with Crippen LogP contribution in [0, 0.1) is 0 Å². The SMILES string of the molecule is NCCCCC(NC(=O)C(N)CS)C(=O)NC(CCC(=O)O)C(=O)NC(Cc1cnc[nH]1)C(=O)O. The van der Waals surface area contributed by atoms with E-state index in [-0.39, 0.29) is 25.0 Å². The third-order valence-electron chi connectivity index (χ3n) is 4.99. The summed E-state index contributed by atoms with van der Waals surface area (Å²) in [4.78, 5) is 67.2. The first-order chi connectivity index (χ1) is 16.6. The van der Waals surface area contributed by atoms with Crippen molar-refractivity contribution in [3.8, 4) is 0 Å². The van der Waals surface area contributed by atoms with Crippen LogP contribution in [-0.4, -0.2) is 86.3 Å². The van der Waals surface area contributed by atoms with Gasteiger partial charge in [-0.1, -0.05) is 0 Å². The zero-order valence-electron chi connectivity index (χ0n) is 19.1. The van der Waals surface area contributed by atoms with Crippen LogP contribution in [0.5, 0.6) is 0 Å². The molecule has 1 rings (SSSR count). The Hall–Kier alpha value is -3.17. The number of nitrogens with one attached hydrogen (secondary N) is 4. The van der Waals surface area contributed by atoms with Crippen LogP contribution in [0.25, 0.3) is 0 Å². The van der Waals surface area contributed by atoms with Crippen molar-refractivity contribution in [2.24, 2.45) is 11.5 Å². The van der Waals surface area contributed by atoms with E-state index in [2.05, 4.69) is 38.5 Å². The molecule has 0 spiro atoms. The van der Waals surface area contributed by atoms with E-state index in [0.29, 0.717) is 25.1 Å². The topological polar surface area (TPSA) is 243 Å². The van der Waals surface area contributed by atoms with Crippen molar-refractivity contribution in [1.82, 2.24) is 25.9 Å². The van der Waals surface area contributed by atoms with E-state index in [0.717, 1.165) is 0 Å². The number of imidazole rings is 1. The van der Waals surface area contributed by atoms with Crippen LogP contribution in [0.4, 0.5) is 0 Å². The number of aliphatic carboxylic acids is 2. The van der Waals surface area contributed by atoms with Crippen LogP contribution < -0.4 is 27.4 Å². The monoisotopic (exact) mass is 515 g/mol. The van der Waals surface area contributed by atoms with Crippen LogP contribution in [0.3, 0.4) is 0 Å². The first kappa shape index (κ1) is 29.9. The number of H-pyrrole nitrogens is 1. The molecule has 0 radical (unpaired) electrons. The van der Waals surface area contributed by atoms with Crippen molar-refractivity contribution in [2.45, 2.75) is 62.7 Å². The maximum atomic E-state index is 12.9. The highest BCUT2D eigenvalue weighted by Gasteiger charge is 2.30. The number of thiol groups is 1. The van der Waals surface area contributed by atoms with Crippen molar-refractivity contribution in [1.29, 1.82) is 0 Å². The minimum atomic E-state index is -1.37. The van der Waals surface area contributed by atoms with E-state index in [4.69, 9.17) is 16.6 Å². The van der Waals surface area contributed by atoms with Crippen molar-refractivity contribution in [2.75, 3.05) is 12.3 Å². The minimum Gasteiger partial charge on any atom is -0.481 e. The largest absolute Gasteiger partial charge is 0.481 e. The third-order valence-corrected chi connectivity index (χ3v) is 5.38. The van der Waals surface area contributed by atoms with Gasteiger partial charge in [0.2, 0.25) is 17.7 Å². The summed E-state index contributed by atoms with van der Waals surface area (Å²) in [6.07, 6.45) is 3.13. The van der Waals surface area contributed by atoms with Crippen molar-refractivity contribution in [3.05, 3.63) is 18.2 Å². The number of aromatic nitrogens is 2. The number of amides is 3. The van der Waals surface area contributed by atoms with Crippen LogP contribution in [0.15, 0.2) is 12.5 Å². The van der Waals surface area contributed by atoms with E-state index in [9.17, 15) is 29.1 Å². The van der Waals surface area contributed by atoms with Gasteiger partial charge in [0, 0.05) is 30.5 Å². The molecular weight excluding hydrogens is 482 g/mol. The molecule has 0 fully saturated rings. The van der Waals surface area contributed by atoms with Gasteiger partial charge >= 0.3 is 11.9 Å². The molecule has 15 heteroatoms. The smallest absolute Gasteiger partial charge is 0.326 e. The number of nitrogens with two attached hydrogens (primary N) is 2. The molecule has 3 amide bonds. The zero-order valence-corrected chi connectivity index (χ0v) is 20.0. The lowest BCUT2D eigenvalue weighted by molar-refractivity contribution is -0.143. The lowest BCUT2D eigenvalue weighted by Gasteiger charge is -2.25. The Balaban J connectivity index is 2.99. The van der Waals surface area contributed by atoms with Gasteiger partial charge in [0.15, 0.2) is 0 Å². The maximum absolute atomic E-state index is 12.9. The summed E-state index contributed by atoms with van der Waals surface area (Å²) in [5, 5.41) is 25.8. The summed E-state index contributed by atoms with van der Waals surface area (Å²) >= 11 is 3.96. The Morgan fingerprint density at radius 2 is 1.57 bits per heavy atom. The summed E-state index contributed by atoms with van der Waals surface area (Å²) in [5.74, 6) is -4.75. The van der Waals surface area contributed by atoms with Crippen molar-refractivity contribution < 1.29 is 34.2 Å². The van der Waals surface area contributed by atoms with Gasteiger partial charge in [0.05, 0.1) is 12.4 Å². The fourth-order valence-corrected chi connectivity index (χ4v) is 3.19. The third kappa shape index (κ3) is 11.2. The molecule has 35 heavy (non-hydrogen) atoms. The van der Waals surface area contributed by atoms with Gasteiger partial charge in [0.25, 0.3) is 0 Å². The molecule has 4 atom stereocenters. The molecule has 1 aromatic rings. The van der Waals surface area contributed by atoms with Gasteiger partial charge in [-0.05, 0) is 32.2 Å². The lowest BCUT2D eigenvalue weighted by Crippen LogP contribution is -2.57. The van der Waals surface area contributed by atoms with Crippen molar-refractivity contribution >= 4 is 42.3 Å². The summed E-state index contributed by atoms with van der Waals surface area (Å²) < 4.78 is 0. The van der Waals surface area contributed by atoms with Gasteiger partial charge in [-0.3, -0.25) is 19.2 Å². The Kier molecular flexibility index (Phi) is 13.4. The summed E-state index contributed by atoms with van der Waals surface area (Å²) in [7, 11) is 0. The van der Waals surface area contributed by atoms with Crippen LogP contribution >= 0.6 is 12.6 Å². The van der Waals surface area contributed by atoms with E-state index < -0.39 is 60.2 Å². The number of carboxylic acids is 2. The van der Waals surface area contributed by atoms with E-state index >= 15 is 0 Å². The van der Waals surface area contributed by atoms with Crippen LogP contribution in [0.1, 0.15) is 37.8 Å². The number of unbranched alkanes of at least 4 members (excludes halogenated alkanes) is 1. The van der Waals surface area contributed by atoms with E-state index in [1.807, 2.05) is 0 Å². The number of nitrogens with zero attached hydrogens (tertiary/aromatic N) is 1. The first-order valence-electron chi connectivity index (χ1n) is 11.0. The molecule has 0 aliphatic carbocycles. The molecule has 0 aromatic carbocycles. The predicted octanol–water partition coefficient (Wildman–Crippen LogP) is -2.26. The highest BCUT2D eigenvalue weighted by Crippen LogP contribution is 2.06. The molecule has 0 aliphatic heterocycles. The van der Waals surface area contributed by atoms with Crippen molar-refractivity contribution in [3.63, 3.8) is 0 Å². The molecule has 0 saturated heterocycles. The second kappa shape index (κ2) is 15.7. The molecule has 196 valence electrons. The van der Waals surface area contributed by atoms with Crippen LogP contribution in [0.2, 0.25) is 0 Å². The summed E-state index contributed by atoms with van der Waals surface area (Å²) in [5.41, 5.74) is 11.6. The fourth-order valence-electron chi connectivity index (χ4n) is 3.02. The fraction of sp³-hybridized carbons (Fsp3) is 0.600. The van der Waals surface area contributed by atoms with E-state index in [1.165, 1.54) is 12.5 Å². The average Bonchev–Trinajstić information content (AvgIpc) is 3.32. The molecule has 10 N–H and O–H groups in total. The van der Waals surface area contributed by atoms with Gasteiger partial charge in [-0.2, -0.15) is 12.6 Å². The Labute approximate surface area is 207 Å².